The van der Waals surface area contributed by atoms with Gasteiger partial charge < -0.3 is 8.98 Å². The summed E-state index contributed by atoms with van der Waals surface area (Å²) >= 11 is 0. The number of fused-ring (bicyclic) bond motifs is 16. The third-order valence-corrected chi connectivity index (χ3v) is 10.8. The van der Waals surface area contributed by atoms with Crippen LogP contribution >= 0.6 is 0 Å². The molecule has 0 unspecified atom stereocenters. The highest BCUT2D eigenvalue weighted by atomic mass is 16.3. The van der Waals surface area contributed by atoms with Crippen LogP contribution in [0.15, 0.2) is 162 Å². The van der Waals surface area contributed by atoms with E-state index in [1.807, 2.05) is 18.3 Å². The zero-order valence-corrected chi connectivity index (χ0v) is 27.2. The first-order chi connectivity index (χ1) is 25.3. The largest absolute Gasteiger partial charge is 0.456 e. The molecule has 0 amide bonds. The van der Waals surface area contributed by atoms with Gasteiger partial charge in [-0.15, -0.1) is 0 Å². The maximum absolute atomic E-state index is 6.20. The van der Waals surface area contributed by atoms with Crippen molar-refractivity contribution in [2.75, 3.05) is 0 Å². The highest BCUT2D eigenvalue weighted by molar-refractivity contribution is 6.29. The predicted molar refractivity (Wildman–Crippen MR) is 211 cm³/mol. The van der Waals surface area contributed by atoms with Crippen LogP contribution in [0.25, 0.3) is 110 Å². The first-order valence-corrected chi connectivity index (χ1v) is 17.3. The van der Waals surface area contributed by atoms with E-state index in [1.54, 1.807) is 0 Å². The van der Waals surface area contributed by atoms with Gasteiger partial charge in [-0.1, -0.05) is 103 Å². The molecule has 12 rings (SSSR count). The molecule has 5 nitrogen and oxygen atoms in total. The molecule has 4 heterocycles. The van der Waals surface area contributed by atoms with Crippen LogP contribution in [-0.2, 0) is 0 Å². The lowest BCUT2D eigenvalue weighted by Gasteiger charge is -2.12. The van der Waals surface area contributed by atoms with E-state index in [0.717, 1.165) is 71.4 Å². The molecular formula is C46H26N4O. The molecule has 0 atom stereocenters. The van der Waals surface area contributed by atoms with Gasteiger partial charge in [0.25, 0.3) is 0 Å². The zero-order chi connectivity index (χ0) is 33.2. The third-order valence-electron chi connectivity index (χ3n) is 10.8. The monoisotopic (exact) mass is 650 g/mol. The van der Waals surface area contributed by atoms with Gasteiger partial charge in [0.05, 0.1) is 27.6 Å². The number of benzene rings is 8. The molecule has 0 radical (unpaired) electrons. The van der Waals surface area contributed by atoms with Crippen molar-refractivity contribution in [3.8, 4) is 11.6 Å². The number of furan rings is 1. The van der Waals surface area contributed by atoms with Crippen molar-refractivity contribution in [1.29, 1.82) is 0 Å². The topological polar surface area (TPSA) is 48.8 Å². The van der Waals surface area contributed by atoms with Gasteiger partial charge in [0.1, 0.15) is 11.2 Å². The maximum Gasteiger partial charge on any atom is 0.235 e. The van der Waals surface area contributed by atoms with Crippen LogP contribution in [0.3, 0.4) is 0 Å². The van der Waals surface area contributed by atoms with E-state index >= 15 is 0 Å². The molecule has 0 fully saturated rings. The molecule has 8 aromatic carbocycles. The Morgan fingerprint density at radius 1 is 0.392 bits per heavy atom. The lowest BCUT2D eigenvalue weighted by atomic mass is 9.98. The van der Waals surface area contributed by atoms with E-state index < -0.39 is 0 Å². The molecule has 0 bridgehead atoms. The van der Waals surface area contributed by atoms with E-state index in [-0.39, 0.29) is 0 Å². The number of aromatic nitrogens is 4. The van der Waals surface area contributed by atoms with Gasteiger partial charge in [-0.2, -0.15) is 0 Å². The third kappa shape index (κ3) is 3.54. The molecule has 12 aromatic rings. The second-order valence-electron chi connectivity index (χ2n) is 13.4. The van der Waals surface area contributed by atoms with Gasteiger partial charge in [0, 0.05) is 55.0 Å². The van der Waals surface area contributed by atoms with Crippen molar-refractivity contribution in [3.63, 3.8) is 0 Å². The van der Waals surface area contributed by atoms with E-state index in [2.05, 4.69) is 149 Å². The first-order valence-electron chi connectivity index (χ1n) is 17.3. The minimum atomic E-state index is 0.662. The molecule has 0 aliphatic carbocycles. The summed E-state index contributed by atoms with van der Waals surface area (Å²) in [4.78, 5) is 10.5. The molecule has 5 heteroatoms. The molecule has 0 saturated carbocycles. The van der Waals surface area contributed by atoms with Crippen molar-refractivity contribution in [3.05, 3.63) is 158 Å². The second kappa shape index (κ2) is 9.80. The normalized spacial score (nSPS) is 12.3. The van der Waals surface area contributed by atoms with Crippen molar-refractivity contribution < 1.29 is 4.42 Å². The minimum Gasteiger partial charge on any atom is -0.456 e. The van der Waals surface area contributed by atoms with Gasteiger partial charge in [-0.3, -0.25) is 4.57 Å². The van der Waals surface area contributed by atoms with Crippen molar-refractivity contribution >= 4 is 98.0 Å². The van der Waals surface area contributed by atoms with Crippen molar-refractivity contribution in [1.82, 2.24) is 19.1 Å². The summed E-state index contributed by atoms with van der Waals surface area (Å²) in [6.07, 6.45) is 2.01. The Morgan fingerprint density at radius 3 is 1.65 bits per heavy atom. The smallest absolute Gasteiger partial charge is 0.235 e. The number of hydrogen-bond acceptors (Lipinski definition) is 3. The number of nitrogens with zero attached hydrogens (tertiary/aromatic N) is 4. The average molecular weight is 651 g/mol. The highest BCUT2D eigenvalue weighted by Gasteiger charge is 2.22. The second-order valence-corrected chi connectivity index (χ2v) is 13.4. The molecule has 0 spiro atoms. The van der Waals surface area contributed by atoms with Gasteiger partial charge >= 0.3 is 0 Å². The summed E-state index contributed by atoms with van der Waals surface area (Å²) in [7, 11) is 0. The summed E-state index contributed by atoms with van der Waals surface area (Å²) in [5.41, 5.74) is 8.31. The average Bonchev–Trinajstić information content (AvgIpc) is 3.85. The SMILES string of the molecule is c1ccc2c(c1)oc1ccc(-n3c4ccccc4c4c5c6ccccc6n(-c6ncc7c8ccccc8c8ccccc8c7n6)c5ccc43)cc12. The Labute approximate surface area is 290 Å². The Bertz CT molecular complexity index is 3400. The Kier molecular flexibility index (Phi) is 5.17. The summed E-state index contributed by atoms with van der Waals surface area (Å²) in [5, 5.41) is 12.8. The fraction of sp³-hybridized carbons (Fsp3) is 0. The van der Waals surface area contributed by atoms with Crippen LogP contribution in [0.4, 0.5) is 0 Å². The molecular weight excluding hydrogens is 625 g/mol. The summed E-state index contributed by atoms with van der Waals surface area (Å²) < 4.78 is 10.8. The zero-order valence-electron chi connectivity index (χ0n) is 27.2. The van der Waals surface area contributed by atoms with Gasteiger partial charge in [0.2, 0.25) is 5.95 Å². The Hall–Kier alpha value is -6.98. The molecule has 236 valence electrons. The highest BCUT2D eigenvalue weighted by Crippen LogP contribution is 2.43. The van der Waals surface area contributed by atoms with Crippen LogP contribution in [0.2, 0.25) is 0 Å². The van der Waals surface area contributed by atoms with E-state index in [0.29, 0.717) is 5.95 Å². The summed E-state index contributed by atoms with van der Waals surface area (Å²) in [6, 6.07) is 53.8. The standard InChI is InChI=1S/C46H26N4O/c1-2-13-30-28(11-1)29-12-3-4-15-32(29)45-36(30)26-47-46(48-45)50-38-19-9-6-17-34(38)44-40(50)23-22-39-43(44)33-16-5-8-18-37(33)49(39)27-21-24-42-35(25-27)31-14-7-10-20-41(31)51-42/h1-26H. The van der Waals surface area contributed by atoms with Crippen LogP contribution in [0.1, 0.15) is 0 Å². The van der Waals surface area contributed by atoms with Crippen molar-refractivity contribution in [2.45, 2.75) is 0 Å². The van der Waals surface area contributed by atoms with E-state index in [4.69, 9.17) is 14.4 Å². The lowest BCUT2D eigenvalue weighted by molar-refractivity contribution is 0.669. The fourth-order valence-corrected chi connectivity index (χ4v) is 8.63. The molecule has 0 N–H and O–H groups in total. The number of para-hydroxylation sites is 3. The van der Waals surface area contributed by atoms with Crippen LogP contribution in [-0.4, -0.2) is 19.1 Å². The van der Waals surface area contributed by atoms with Crippen molar-refractivity contribution in [2.24, 2.45) is 0 Å². The van der Waals surface area contributed by atoms with E-state index in [9.17, 15) is 0 Å². The molecule has 51 heavy (non-hydrogen) atoms. The number of rotatable bonds is 2. The Balaban J connectivity index is 1.18. The summed E-state index contributed by atoms with van der Waals surface area (Å²) in [5.74, 6) is 0.662. The summed E-state index contributed by atoms with van der Waals surface area (Å²) in [6.45, 7) is 0. The fourth-order valence-electron chi connectivity index (χ4n) is 8.63. The molecule has 0 aliphatic rings. The van der Waals surface area contributed by atoms with Crippen LogP contribution in [0, 0.1) is 0 Å². The lowest BCUT2D eigenvalue weighted by Crippen LogP contribution is -2.01. The minimum absolute atomic E-state index is 0.662. The predicted octanol–water partition coefficient (Wildman–Crippen LogP) is 12.0. The molecule has 0 saturated heterocycles. The number of hydrogen-bond donors (Lipinski definition) is 0. The van der Waals surface area contributed by atoms with Crippen LogP contribution in [0.5, 0.6) is 0 Å². The molecule has 0 aliphatic heterocycles. The molecule has 4 aromatic heterocycles. The van der Waals surface area contributed by atoms with E-state index in [1.165, 1.54) is 32.3 Å². The quantitative estimate of drug-likeness (QED) is 0.175. The van der Waals surface area contributed by atoms with Gasteiger partial charge in [-0.25, -0.2) is 9.97 Å². The van der Waals surface area contributed by atoms with Gasteiger partial charge in [-0.05, 0) is 64.7 Å². The maximum atomic E-state index is 6.20. The van der Waals surface area contributed by atoms with Gasteiger partial charge in [0.15, 0.2) is 0 Å². The first kappa shape index (κ1) is 26.9. The van der Waals surface area contributed by atoms with Crippen LogP contribution < -0.4 is 0 Å². The Morgan fingerprint density at radius 2 is 0.922 bits per heavy atom.